The minimum Gasteiger partial charge on any atom is -0.463 e. The summed E-state index contributed by atoms with van der Waals surface area (Å²) in [7, 11) is 0. The molecule has 0 aromatic rings. The Hall–Kier alpha value is -1.35. The van der Waals surface area contributed by atoms with Gasteiger partial charge in [0.1, 0.15) is 0 Å². The monoisotopic (exact) mass is 544 g/mol. The minimum absolute atomic E-state index is 0.0556. The van der Waals surface area contributed by atoms with Crippen molar-refractivity contribution in [3.8, 4) is 0 Å². The highest BCUT2D eigenvalue weighted by Gasteiger charge is 2.59. The number of carbonyl (C=O) groups excluding carboxylic acids is 2. The predicted molar refractivity (Wildman–Crippen MR) is 132 cm³/mol. The third-order valence-electron chi connectivity index (χ3n) is 10.4. The van der Waals surface area contributed by atoms with Crippen LogP contribution >= 0.6 is 0 Å². The van der Waals surface area contributed by atoms with E-state index < -0.39 is 40.6 Å². The van der Waals surface area contributed by atoms with Gasteiger partial charge in [-0.2, -0.15) is 8.78 Å². The SMILES string of the molecule is CC(C)(F)C(=O)OCC12CC3CC(CC(O)(C3)C1)C2.CC(F)(F)C(=O)OCC12CC3CC(CC(C3)C1O)C2. The Labute approximate surface area is 223 Å². The molecule has 8 bridgehead atoms. The lowest BCUT2D eigenvalue weighted by atomic mass is 9.48. The molecular weight excluding hydrogens is 501 g/mol. The van der Waals surface area contributed by atoms with E-state index in [0.717, 1.165) is 51.4 Å². The highest BCUT2D eigenvalue weighted by Crippen LogP contribution is 2.62. The van der Waals surface area contributed by atoms with Gasteiger partial charge in [-0.1, -0.05) is 0 Å². The summed E-state index contributed by atoms with van der Waals surface area (Å²) in [6, 6.07) is 0. The van der Waals surface area contributed by atoms with Gasteiger partial charge in [0.15, 0.2) is 0 Å². The van der Waals surface area contributed by atoms with Gasteiger partial charge in [0, 0.05) is 17.8 Å². The topological polar surface area (TPSA) is 93.1 Å². The molecule has 0 aliphatic heterocycles. The molecule has 0 aromatic carbocycles. The number of hydrogen-bond acceptors (Lipinski definition) is 6. The second-order valence-corrected chi connectivity index (χ2v) is 14.6. The van der Waals surface area contributed by atoms with Crippen molar-refractivity contribution in [3.63, 3.8) is 0 Å². The first-order valence-electron chi connectivity index (χ1n) is 14.3. The highest BCUT2D eigenvalue weighted by atomic mass is 19.3. The van der Waals surface area contributed by atoms with Crippen molar-refractivity contribution in [1.29, 1.82) is 0 Å². The van der Waals surface area contributed by atoms with Crippen LogP contribution in [-0.4, -0.2) is 58.7 Å². The molecule has 9 heteroatoms. The van der Waals surface area contributed by atoms with Gasteiger partial charge in [-0.3, -0.25) is 0 Å². The molecule has 8 fully saturated rings. The van der Waals surface area contributed by atoms with Crippen molar-refractivity contribution in [1.82, 2.24) is 0 Å². The number of rotatable bonds is 6. The number of halogens is 3. The number of ether oxygens (including phenoxy) is 2. The number of aliphatic hydroxyl groups is 2. The Morgan fingerprint density at radius 2 is 1.32 bits per heavy atom. The van der Waals surface area contributed by atoms with E-state index in [1.807, 2.05) is 0 Å². The zero-order chi connectivity index (χ0) is 27.7. The van der Waals surface area contributed by atoms with Gasteiger partial charge >= 0.3 is 17.9 Å². The first kappa shape index (κ1) is 28.2. The molecule has 8 aliphatic rings. The standard InChI is InChI=1S/C15H23FO3.C14H20F2O3/c1-13(2,16)12(17)19-9-14-4-10-3-11(5-14)7-15(18,6-10)8-14;1-13(15,16)12(18)19-7-14-5-8-2-9(6-14)4-10(3-8)11(14)17/h10-11,18H,3-9H2,1-2H3;8-11,17H,2-7H2,1H3. The fraction of sp³-hybridized carbons (Fsp3) is 0.931. The lowest BCUT2D eigenvalue weighted by molar-refractivity contribution is -0.199. The van der Waals surface area contributed by atoms with Crippen LogP contribution in [0.4, 0.5) is 13.2 Å². The van der Waals surface area contributed by atoms with Crippen LogP contribution in [0.25, 0.3) is 0 Å². The van der Waals surface area contributed by atoms with Crippen molar-refractivity contribution < 1.29 is 42.4 Å². The summed E-state index contributed by atoms with van der Waals surface area (Å²) in [4.78, 5) is 22.8. The molecular formula is C29H43F3O6. The molecule has 0 saturated heterocycles. The molecule has 5 unspecified atom stereocenters. The van der Waals surface area contributed by atoms with Gasteiger partial charge in [0.25, 0.3) is 0 Å². The minimum atomic E-state index is -3.45. The largest absolute Gasteiger partial charge is 0.463 e. The smallest absolute Gasteiger partial charge is 0.376 e. The van der Waals surface area contributed by atoms with E-state index in [4.69, 9.17) is 9.47 Å². The lowest BCUT2D eigenvalue weighted by Gasteiger charge is -2.59. The molecule has 8 aliphatic carbocycles. The van der Waals surface area contributed by atoms with Crippen LogP contribution in [0.1, 0.15) is 91.4 Å². The van der Waals surface area contributed by atoms with E-state index in [2.05, 4.69) is 0 Å². The summed E-state index contributed by atoms with van der Waals surface area (Å²) in [6.07, 6.45) is 10.1. The van der Waals surface area contributed by atoms with E-state index in [0.29, 0.717) is 37.0 Å². The van der Waals surface area contributed by atoms with E-state index in [-0.39, 0.29) is 24.5 Å². The number of hydrogen-bond donors (Lipinski definition) is 2. The molecule has 0 amide bonds. The highest BCUT2D eigenvalue weighted by molar-refractivity contribution is 5.78. The third kappa shape index (κ3) is 5.48. The van der Waals surface area contributed by atoms with Crippen molar-refractivity contribution in [2.24, 2.45) is 40.4 Å². The van der Waals surface area contributed by atoms with Gasteiger partial charge < -0.3 is 19.7 Å². The molecule has 6 nitrogen and oxygen atoms in total. The van der Waals surface area contributed by atoms with Crippen molar-refractivity contribution in [2.45, 2.75) is 115 Å². The lowest BCUT2D eigenvalue weighted by Crippen LogP contribution is -2.58. The predicted octanol–water partition coefficient (Wildman–Crippen LogP) is 4.98. The Morgan fingerprint density at radius 3 is 1.82 bits per heavy atom. The van der Waals surface area contributed by atoms with E-state index in [1.54, 1.807) is 0 Å². The van der Waals surface area contributed by atoms with Gasteiger partial charge in [0.2, 0.25) is 5.67 Å². The summed E-state index contributed by atoms with van der Waals surface area (Å²) in [6.45, 7) is 3.21. The normalized spacial score (nSPS) is 44.4. The number of aliphatic hydroxyl groups excluding tert-OH is 1. The van der Waals surface area contributed by atoms with Crippen LogP contribution in [0.2, 0.25) is 0 Å². The molecule has 5 atom stereocenters. The summed E-state index contributed by atoms with van der Waals surface area (Å²) in [5.41, 5.74) is -3.05. The fourth-order valence-electron chi connectivity index (χ4n) is 9.68. The molecule has 0 aromatic heterocycles. The van der Waals surface area contributed by atoms with Crippen LogP contribution in [-0.2, 0) is 19.1 Å². The molecule has 2 N–H and O–H groups in total. The first-order chi connectivity index (χ1) is 17.5. The van der Waals surface area contributed by atoms with Crippen LogP contribution in [0.3, 0.4) is 0 Å². The second kappa shape index (κ2) is 9.35. The summed E-state index contributed by atoms with van der Waals surface area (Å²) in [5, 5.41) is 21.0. The summed E-state index contributed by atoms with van der Waals surface area (Å²) in [5.74, 6) is -3.18. The van der Waals surface area contributed by atoms with Gasteiger partial charge in [-0.05, 0) is 114 Å². The molecule has 0 radical (unpaired) electrons. The van der Waals surface area contributed by atoms with Crippen LogP contribution < -0.4 is 0 Å². The quantitative estimate of drug-likeness (QED) is 0.458. The Balaban J connectivity index is 0.000000155. The average molecular weight is 545 g/mol. The molecule has 216 valence electrons. The zero-order valence-corrected chi connectivity index (χ0v) is 22.8. The number of alkyl halides is 3. The maximum atomic E-state index is 13.5. The third-order valence-corrected chi connectivity index (χ3v) is 10.4. The second-order valence-electron chi connectivity index (χ2n) is 14.6. The van der Waals surface area contributed by atoms with Crippen molar-refractivity contribution >= 4 is 11.9 Å². The number of carbonyl (C=O) groups is 2. The molecule has 8 saturated carbocycles. The maximum absolute atomic E-state index is 13.5. The zero-order valence-electron chi connectivity index (χ0n) is 22.8. The Bertz CT molecular complexity index is 912. The average Bonchev–Trinajstić information content (AvgIpc) is 2.76. The first-order valence-corrected chi connectivity index (χ1v) is 14.3. The van der Waals surface area contributed by atoms with Gasteiger partial charge in [-0.15, -0.1) is 0 Å². The van der Waals surface area contributed by atoms with Gasteiger partial charge in [0.05, 0.1) is 24.9 Å². The molecule has 38 heavy (non-hydrogen) atoms. The molecule has 0 heterocycles. The van der Waals surface area contributed by atoms with E-state index in [9.17, 15) is 33.0 Å². The van der Waals surface area contributed by atoms with Crippen LogP contribution in [0.15, 0.2) is 0 Å². The van der Waals surface area contributed by atoms with Crippen molar-refractivity contribution in [3.05, 3.63) is 0 Å². The van der Waals surface area contributed by atoms with Gasteiger partial charge in [-0.25, -0.2) is 14.0 Å². The van der Waals surface area contributed by atoms with E-state index in [1.165, 1.54) is 26.7 Å². The Kier molecular flexibility index (Phi) is 6.94. The Morgan fingerprint density at radius 1 is 0.789 bits per heavy atom. The fourth-order valence-corrected chi connectivity index (χ4v) is 9.68. The van der Waals surface area contributed by atoms with Crippen LogP contribution in [0.5, 0.6) is 0 Å². The summed E-state index contributed by atoms with van der Waals surface area (Å²) < 4.78 is 49.2. The van der Waals surface area contributed by atoms with Crippen molar-refractivity contribution in [2.75, 3.05) is 13.2 Å². The van der Waals surface area contributed by atoms with Crippen LogP contribution in [0, 0.1) is 40.4 Å². The molecule has 0 spiro atoms. The number of esters is 2. The maximum Gasteiger partial charge on any atom is 0.376 e. The van der Waals surface area contributed by atoms with E-state index >= 15 is 0 Å². The summed E-state index contributed by atoms with van der Waals surface area (Å²) >= 11 is 0. The molecule has 8 rings (SSSR count).